The van der Waals surface area contributed by atoms with Crippen LogP contribution in [0.25, 0.3) is 23.1 Å². The number of aryl methyl sites for hydroxylation is 1. The molecule has 0 N–H and O–H groups in total. The SMILES string of the molecule is C=Cc1oc2ccc(C)cc2c1/C=C\C. The van der Waals surface area contributed by atoms with E-state index in [0.29, 0.717) is 0 Å². The van der Waals surface area contributed by atoms with Crippen LogP contribution in [-0.4, -0.2) is 0 Å². The summed E-state index contributed by atoms with van der Waals surface area (Å²) in [7, 11) is 0. The molecule has 1 aromatic carbocycles. The second-order valence-electron chi connectivity index (χ2n) is 3.58. The maximum absolute atomic E-state index is 5.69. The smallest absolute Gasteiger partial charge is 0.135 e. The highest BCUT2D eigenvalue weighted by atomic mass is 16.3. The fourth-order valence-electron chi connectivity index (χ4n) is 1.74. The number of hydrogen-bond donors (Lipinski definition) is 0. The van der Waals surface area contributed by atoms with Crippen LogP contribution in [0.15, 0.2) is 35.3 Å². The van der Waals surface area contributed by atoms with Gasteiger partial charge in [-0.05, 0) is 32.1 Å². The first kappa shape index (κ1) is 9.78. The largest absolute Gasteiger partial charge is 0.456 e. The molecule has 0 spiro atoms. The number of fused-ring (bicyclic) bond motifs is 1. The van der Waals surface area contributed by atoms with Gasteiger partial charge in [0.15, 0.2) is 0 Å². The molecule has 0 amide bonds. The molecule has 0 unspecified atom stereocenters. The maximum atomic E-state index is 5.69. The number of allylic oxidation sites excluding steroid dienone is 1. The zero-order valence-corrected chi connectivity index (χ0v) is 9.08. The molecule has 0 radical (unpaired) electrons. The monoisotopic (exact) mass is 198 g/mol. The fourth-order valence-corrected chi connectivity index (χ4v) is 1.74. The van der Waals surface area contributed by atoms with E-state index in [1.54, 1.807) is 6.08 Å². The summed E-state index contributed by atoms with van der Waals surface area (Å²) in [6, 6.07) is 6.20. The first-order chi connectivity index (χ1) is 7.26. The molecule has 1 heterocycles. The quantitative estimate of drug-likeness (QED) is 0.696. The molecule has 0 saturated carbocycles. The minimum atomic E-state index is 0.841. The molecule has 1 aromatic heterocycles. The zero-order chi connectivity index (χ0) is 10.8. The Hall–Kier alpha value is -1.76. The lowest BCUT2D eigenvalue weighted by Crippen LogP contribution is -1.74. The molecular weight excluding hydrogens is 184 g/mol. The summed E-state index contributed by atoms with van der Waals surface area (Å²) in [6.45, 7) is 7.85. The Balaban J connectivity index is 2.81. The summed E-state index contributed by atoms with van der Waals surface area (Å²) in [5, 5.41) is 1.16. The predicted octanol–water partition coefficient (Wildman–Crippen LogP) is 4.42. The van der Waals surface area contributed by atoms with Gasteiger partial charge >= 0.3 is 0 Å². The molecule has 1 nitrogen and oxygen atoms in total. The van der Waals surface area contributed by atoms with Gasteiger partial charge in [0.1, 0.15) is 11.3 Å². The molecule has 0 aliphatic heterocycles. The number of furan rings is 1. The van der Waals surface area contributed by atoms with Crippen molar-refractivity contribution >= 4 is 23.1 Å². The Bertz CT molecular complexity index is 530. The van der Waals surface area contributed by atoms with Gasteiger partial charge in [-0.25, -0.2) is 0 Å². The lowest BCUT2D eigenvalue weighted by molar-refractivity contribution is 0.603. The van der Waals surface area contributed by atoms with E-state index in [2.05, 4.69) is 31.7 Å². The molecule has 0 fully saturated rings. The van der Waals surface area contributed by atoms with E-state index in [-0.39, 0.29) is 0 Å². The van der Waals surface area contributed by atoms with Crippen molar-refractivity contribution in [2.45, 2.75) is 13.8 Å². The van der Waals surface area contributed by atoms with Crippen LogP contribution >= 0.6 is 0 Å². The van der Waals surface area contributed by atoms with Crippen LogP contribution in [0.3, 0.4) is 0 Å². The van der Waals surface area contributed by atoms with Crippen LogP contribution in [-0.2, 0) is 0 Å². The second-order valence-corrected chi connectivity index (χ2v) is 3.58. The van der Waals surface area contributed by atoms with Crippen LogP contribution in [0.1, 0.15) is 23.8 Å². The maximum Gasteiger partial charge on any atom is 0.135 e. The Labute approximate surface area is 89.7 Å². The van der Waals surface area contributed by atoms with Crippen molar-refractivity contribution in [1.29, 1.82) is 0 Å². The average molecular weight is 198 g/mol. The fraction of sp³-hybridized carbons (Fsp3) is 0.143. The van der Waals surface area contributed by atoms with Gasteiger partial charge in [0.2, 0.25) is 0 Å². The van der Waals surface area contributed by atoms with E-state index in [9.17, 15) is 0 Å². The van der Waals surface area contributed by atoms with Crippen molar-refractivity contribution in [2.24, 2.45) is 0 Å². The highest BCUT2D eigenvalue weighted by molar-refractivity contribution is 5.91. The van der Waals surface area contributed by atoms with E-state index in [0.717, 1.165) is 22.3 Å². The minimum Gasteiger partial charge on any atom is -0.456 e. The van der Waals surface area contributed by atoms with Crippen molar-refractivity contribution in [2.75, 3.05) is 0 Å². The van der Waals surface area contributed by atoms with Crippen LogP contribution in [0.5, 0.6) is 0 Å². The molecule has 2 aromatic rings. The standard InChI is InChI=1S/C14H14O/c1-4-6-11-12-9-10(3)7-8-14(12)15-13(11)5-2/h4-9H,2H2,1,3H3/b6-4-. The summed E-state index contributed by atoms with van der Waals surface area (Å²) in [4.78, 5) is 0. The van der Waals surface area contributed by atoms with Crippen LogP contribution in [0, 0.1) is 6.92 Å². The Morgan fingerprint density at radius 3 is 2.80 bits per heavy atom. The van der Waals surface area contributed by atoms with Crippen molar-refractivity contribution in [3.8, 4) is 0 Å². The van der Waals surface area contributed by atoms with Gasteiger partial charge in [0, 0.05) is 10.9 Å². The highest BCUT2D eigenvalue weighted by Crippen LogP contribution is 2.28. The van der Waals surface area contributed by atoms with E-state index < -0.39 is 0 Å². The number of rotatable bonds is 2. The first-order valence-corrected chi connectivity index (χ1v) is 5.04. The van der Waals surface area contributed by atoms with Crippen LogP contribution in [0.2, 0.25) is 0 Å². The van der Waals surface area contributed by atoms with Crippen molar-refractivity contribution < 1.29 is 4.42 Å². The lowest BCUT2D eigenvalue weighted by Gasteiger charge is -1.93. The third-order valence-electron chi connectivity index (χ3n) is 2.43. The Kier molecular flexibility index (Phi) is 2.46. The molecule has 0 saturated heterocycles. The molecular formula is C14H14O. The Morgan fingerprint density at radius 1 is 1.33 bits per heavy atom. The van der Waals surface area contributed by atoms with Crippen molar-refractivity contribution in [3.63, 3.8) is 0 Å². The number of hydrogen-bond acceptors (Lipinski definition) is 1. The normalized spacial score (nSPS) is 11.3. The molecule has 0 bridgehead atoms. The molecule has 0 aliphatic carbocycles. The molecule has 0 aliphatic rings. The third-order valence-corrected chi connectivity index (χ3v) is 2.43. The zero-order valence-electron chi connectivity index (χ0n) is 9.08. The van der Waals surface area contributed by atoms with Gasteiger partial charge in [-0.3, -0.25) is 0 Å². The lowest BCUT2D eigenvalue weighted by atomic mass is 10.1. The minimum absolute atomic E-state index is 0.841. The average Bonchev–Trinajstić information content (AvgIpc) is 2.57. The summed E-state index contributed by atoms with van der Waals surface area (Å²) < 4.78 is 5.69. The third kappa shape index (κ3) is 1.61. The first-order valence-electron chi connectivity index (χ1n) is 5.04. The van der Waals surface area contributed by atoms with Gasteiger partial charge in [-0.15, -0.1) is 0 Å². The second kappa shape index (κ2) is 3.77. The van der Waals surface area contributed by atoms with Crippen LogP contribution in [0.4, 0.5) is 0 Å². The van der Waals surface area contributed by atoms with E-state index in [4.69, 9.17) is 4.42 Å². The van der Waals surface area contributed by atoms with Gasteiger partial charge in [0.05, 0.1) is 0 Å². The molecule has 0 atom stereocenters. The summed E-state index contributed by atoms with van der Waals surface area (Å²) >= 11 is 0. The predicted molar refractivity (Wildman–Crippen MR) is 65.8 cm³/mol. The topological polar surface area (TPSA) is 13.1 Å². The molecule has 2 rings (SSSR count). The summed E-state index contributed by atoms with van der Waals surface area (Å²) in [6.07, 6.45) is 5.83. The van der Waals surface area contributed by atoms with Crippen molar-refractivity contribution in [3.05, 3.63) is 47.7 Å². The highest BCUT2D eigenvalue weighted by Gasteiger charge is 2.08. The van der Waals surface area contributed by atoms with Gasteiger partial charge in [0.25, 0.3) is 0 Å². The van der Waals surface area contributed by atoms with Gasteiger partial charge in [-0.2, -0.15) is 0 Å². The van der Waals surface area contributed by atoms with Gasteiger partial charge < -0.3 is 4.42 Å². The number of benzene rings is 1. The Morgan fingerprint density at radius 2 is 2.13 bits per heavy atom. The summed E-state index contributed by atoms with van der Waals surface area (Å²) in [5.74, 6) is 0.841. The van der Waals surface area contributed by atoms with E-state index >= 15 is 0 Å². The molecule has 15 heavy (non-hydrogen) atoms. The van der Waals surface area contributed by atoms with Gasteiger partial charge in [-0.1, -0.05) is 30.4 Å². The van der Waals surface area contributed by atoms with Crippen LogP contribution < -0.4 is 0 Å². The molecule has 1 heteroatoms. The van der Waals surface area contributed by atoms with Crippen molar-refractivity contribution in [1.82, 2.24) is 0 Å². The van der Waals surface area contributed by atoms with E-state index in [1.807, 2.05) is 19.1 Å². The molecule has 76 valence electrons. The van der Waals surface area contributed by atoms with E-state index in [1.165, 1.54) is 5.56 Å². The summed E-state index contributed by atoms with van der Waals surface area (Å²) in [5.41, 5.74) is 3.28.